The first-order valence-corrected chi connectivity index (χ1v) is 9.15. The predicted molar refractivity (Wildman–Crippen MR) is 97.7 cm³/mol. The summed E-state index contributed by atoms with van der Waals surface area (Å²) in [5.41, 5.74) is 0.928. The van der Waals surface area contributed by atoms with Crippen LogP contribution in [0.25, 0.3) is 0 Å². The third kappa shape index (κ3) is 5.28. The maximum absolute atomic E-state index is 13.7. The van der Waals surface area contributed by atoms with Crippen molar-refractivity contribution in [3.8, 4) is 0 Å². The molecule has 0 radical (unpaired) electrons. The molecule has 138 valence electrons. The smallest absolute Gasteiger partial charge is 0.247 e. The summed E-state index contributed by atoms with van der Waals surface area (Å²) in [6, 6.07) is 3.96. The van der Waals surface area contributed by atoms with Gasteiger partial charge in [0.05, 0.1) is 0 Å². The van der Waals surface area contributed by atoms with Crippen molar-refractivity contribution in [2.24, 2.45) is 17.8 Å². The average molecular weight is 348 g/mol. The van der Waals surface area contributed by atoms with Crippen molar-refractivity contribution < 1.29 is 14.0 Å². The van der Waals surface area contributed by atoms with Gasteiger partial charge in [0.15, 0.2) is 0 Å². The number of benzene rings is 1. The molecule has 4 nitrogen and oxygen atoms in total. The Balaban J connectivity index is 2.00. The van der Waals surface area contributed by atoms with Crippen molar-refractivity contribution in [1.82, 2.24) is 5.32 Å². The van der Waals surface area contributed by atoms with Crippen LogP contribution in [0.5, 0.6) is 0 Å². The third-order valence-electron chi connectivity index (χ3n) is 5.07. The maximum Gasteiger partial charge on any atom is 0.247 e. The van der Waals surface area contributed by atoms with E-state index in [9.17, 15) is 14.0 Å². The summed E-state index contributed by atoms with van der Waals surface area (Å²) < 4.78 is 13.7. The number of carbonyl (C=O) groups is 2. The summed E-state index contributed by atoms with van der Waals surface area (Å²) in [4.78, 5) is 25.1. The topological polar surface area (TPSA) is 58.2 Å². The number of aryl methyl sites for hydroxylation is 1. The molecule has 0 saturated heterocycles. The van der Waals surface area contributed by atoms with Gasteiger partial charge >= 0.3 is 0 Å². The lowest BCUT2D eigenvalue weighted by molar-refractivity contribution is -0.131. The Labute approximate surface area is 149 Å². The molecule has 5 heteroatoms. The minimum Gasteiger partial charge on any atom is -0.344 e. The first kappa shape index (κ1) is 19.4. The minimum atomic E-state index is -0.629. The standard InChI is InChI=1S/C20H29FN2O2/c1-12(2)18(23-19(24)15-8-5-13(3)6-9-15)20(25)22-16-10-7-14(4)17(21)11-16/h7,10-13,15,18H,5-6,8-9H2,1-4H3,(H,22,25)(H,23,24). The summed E-state index contributed by atoms with van der Waals surface area (Å²) in [5, 5.41) is 5.62. The monoisotopic (exact) mass is 348 g/mol. The number of anilines is 1. The van der Waals surface area contributed by atoms with Gasteiger partial charge in [-0.1, -0.05) is 26.8 Å². The van der Waals surface area contributed by atoms with Gasteiger partial charge in [-0.15, -0.1) is 0 Å². The molecule has 0 bridgehead atoms. The molecule has 1 aromatic carbocycles. The van der Waals surface area contributed by atoms with Gasteiger partial charge in [0.1, 0.15) is 11.9 Å². The Bertz CT molecular complexity index is 622. The van der Waals surface area contributed by atoms with E-state index in [2.05, 4.69) is 17.6 Å². The zero-order valence-corrected chi connectivity index (χ0v) is 15.6. The Morgan fingerprint density at radius 3 is 2.36 bits per heavy atom. The molecule has 1 aliphatic rings. The number of rotatable bonds is 5. The number of amides is 2. The van der Waals surface area contributed by atoms with E-state index >= 15 is 0 Å². The van der Waals surface area contributed by atoms with Gasteiger partial charge in [-0.05, 0) is 62.1 Å². The Hall–Kier alpha value is -1.91. The molecular formula is C20H29FN2O2. The van der Waals surface area contributed by atoms with Gasteiger partial charge in [0.2, 0.25) is 11.8 Å². The summed E-state index contributed by atoms with van der Waals surface area (Å²) >= 11 is 0. The van der Waals surface area contributed by atoms with E-state index in [4.69, 9.17) is 0 Å². The van der Waals surface area contributed by atoms with E-state index in [1.807, 2.05) is 13.8 Å². The van der Waals surface area contributed by atoms with E-state index in [-0.39, 0.29) is 29.5 Å². The van der Waals surface area contributed by atoms with E-state index in [1.54, 1.807) is 19.1 Å². The van der Waals surface area contributed by atoms with Crippen LogP contribution in [0.4, 0.5) is 10.1 Å². The van der Waals surface area contributed by atoms with E-state index in [1.165, 1.54) is 6.07 Å². The lowest BCUT2D eigenvalue weighted by Crippen LogP contribution is -2.49. The lowest BCUT2D eigenvalue weighted by atomic mass is 9.82. The highest BCUT2D eigenvalue weighted by molar-refractivity contribution is 5.97. The van der Waals surface area contributed by atoms with Gasteiger partial charge in [-0.25, -0.2) is 4.39 Å². The number of hydrogen-bond acceptors (Lipinski definition) is 2. The molecule has 1 fully saturated rings. The summed E-state index contributed by atoms with van der Waals surface area (Å²) in [5.74, 6) is -0.112. The quantitative estimate of drug-likeness (QED) is 0.844. The summed E-state index contributed by atoms with van der Waals surface area (Å²) in [6.45, 7) is 7.66. The molecule has 2 N–H and O–H groups in total. The molecule has 0 aromatic heterocycles. The number of hydrogen-bond donors (Lipinski definition) is 2. The second-order valence-corrected chi connectivity index (χ2v) is 7.64. The van der Waals surface area contributed by atoms with Crippen LogP contribution in [0.2, 0.25) is 0 Å². The van der Waals surface area contributed by atoms with Crippen molar-refractivity contribution in [3.63, 3.8) is 0 Å². The van der Waals surface area contributed by atoms with Crippen LogP contribution in [0, 0.1) is 30.5 Å². The van der Waals surface area contributed by atoms with Crippen LogP contribution >= 0.6 is 0 Å². The van der Waals surface area contributed by atoms with E-state index in [0.29, 0.717) is 17.2 Å². The van der Waals surface area contributed by atoms with Crippen LogP contribution in [0.1, 0.15) is 52.0 Å². The van der Waals surface area contributed by atoms with Crippen molar-refractivity contribution in [3.05, 3.63) is 29.6 Å². The Morgan fingerprint density at radius 2 is 1.80 bits per heavy atom. The highest BCUT2D eigenvalue weighted by atomic mass is 19.1. The van der Waals surface area contributed by atoms with Gasteiger partial charge in [-0.2, -0.15) is 0 Å². The molecule has 25 heavy (non-hydrogen) atoms. The SMILES string of the molecule is Cc1ccc(NC(=O)C(NC(=O)C2CCC(C)CC2)C(C)C)cc1F. The fraction of sp³-hybridized carbons (Fsp3) is 0.600. The molecule has 1 aromatic rings. The van der Waals surface area contributed by atoms with Crippen LogP contribution in [-0.4, -0.2) is 17.9 Å². The van der Waals surface area contributed by atoms with Gasteiger partial charge in [-0.3, -0.25) is 9.59 Å². The fourth-order valence-corrected chi connectivity index (χ4v) is 3.22. The third-order valence-corrected chi connectivity index (χ3v) is 5.07. The first-order chi connectivity index (χ1) is 11.8. The molecule has 1 saturated carbocycles. The van der Waals surface area contributed by atoms with E-state index < -0.39 is 6.04 Å². The van der Waals surface area contributed by atoms with E-state index in [0.717, 1.165) is 25.7 Å². The maximum atomic E-state index is 13.7. The molecule has 0 aliphatic heterocycles. The Morgan fingerprint density at radius 1 is 1.16 bits per heavy atom. The fourth-order valence-electron chi connectivity index (χ4n) is 3.22. The molecule has 1 atom stereocenters. The van der Waals surface area contributed by atoms with Crippen molar-refractivity contribution in [2.45, 2.75) is 59.4 Å². The van der Waals surface area contributed by atoms with Crippen LogP contribution < -0.4 is 10.6 Å². The largest absolute Gasteiger partial charge is 0.344 e. The van der Waals surface area contributed by atoms with Crippen LogP contribution in [0.3, 0.4) is 0 Å². The van der Waals surface area contributed by atoms with Gasteiger partial charge < -0.3 is 10.6 Å². The van der Waals surface area contributed by atoms with Crippen LogP contribution in [-0.2, 0) is 9.59 Å². The molecule has 2 rings (SSSR count). The van der Waals surface area contributed by atoms with Gasteiger partial charge in [0, 0.05) is 11.6 Å². The van der Waals surface area contributed by atoms with Crippen LogP contribution in [0.15, 0.2) is 18.2 Å². The molecule has 0 heterocycles. The second-order valence-electron chi connectivity index (χ2n) is 7.64. The first-order valence-electron chi connectivity index (χ1n) is 9.15. The average Bonchev–Trinajstić information content (AvgIpc) is 2.56. The summed E-state index contributed by atoms with van der Waals surface area (Å²) in [6.07, 6.45) is 3.86. The zero-order chi connectivity index (χ0) is 18.6. The summed E-state index contributed by atoms with van der Waals surface area (Å²) in [7, 11) is 0. The minimum absolute atomic E-state index is 0.0120. The Kier molecular flexibility index (Phi) is 6.57. The second kappa shape index (κ2) is 8.45. The normalized spacial score (nSPS) is 21.7. The molecule has 1 unspecified atom stereocenters. The number of carbonyl (C=O) groups excluding carboxylic acids is 2. The number of nitrogens with one attached hydrogen (secondary N) is 2. The van der Waals surface area contributed by atoms with Gasteiger partial charge in [0.25, 0.3) is 0 Å². The van der Waals surface area contributed by atoms with Crippen molar-refractivity contribution in [2.75, 3.05) is 5.32 Å². The zero-order valence-electron chi connectivity index (χ0n) is 15.6. The van der Waals surface area contributed by atoms with Crippen molar-refractivity contribution in [1.29, 1.82) is 0 Å². The molecule has 2 amide bonds. The molecular weight excluding hydrogens is 319 g/mol. The molecule has 0 spiro atoms. The predicted octanol–water partition coefficient (Wildman–Crippen LogP) is 4.04. The number of halogens is 1. The highest BCUT2D eigenvalue weighted by Crippen LogP contribution is 2.28. The molecule has 1 aliphatic carbocycles. The lowest BCUT2D eigenvalue weighted by Gasteiger charge is -2.28. The van der Waals surface area contributed by atoms with Crippen molar-refractivity contribution >= 4 is 17.5 Å². The highest BCUT2D eigenvalue weighted by Gasteiger charge is 2.29.